The van der Waals surface area contributed by atoms with Gasteiger partial charge in [-0.15, -0.1) is 13.1 Å². The number of rotatable bonds is 1. The first-order valence-corrected chi connectivity index (χ1v) is 4.44. The average molecular weight is 210 g/mol. The summed E-state index contributed by atoms with van der Waals surface area (Å²) in [6.45, 7) is 7.46. The smallest absolute Gasteiger partial charge is 0.662 e. The van der Waals surface area contributed by atoms with Gasteiger partial charge in [0.15, 0.2) is 0 Å². The molecular formula is C10H21KNO-. The van der Waals surface area contributed by atoms with Crippen molar-refractivity contribution in [3.8, 4) is 0 Å². The summed E-state index contributed by atoms with van der Waals surface area (Å²) in [5.41, 5.74) is 0. The Morgan fingerprint density at radius 2 is 1.62 bits per heavy atom. The molecule has 0 spiro atoms. The minimum Gasteiger partial charge on any atom is -0.662 e. The van der Waals surface area contributed by atoms with E-state index in [2.05, 4.69) is 5.32 Å². The van der Waals surface area contributed by atoms with E-state index in [9.17, 15) is 4.79 Å². The molecule has 1 aliphatic rings. The van der Waals surface area contributed by atoms with Crippen molar-refractivity contribution in [2.24, 2.45) is 5.92 Å². The second-order valence-corrected chi connectivity index (χ2v) is 2.56. The van der Waals surface area contributed by atoms with Crippen LogP contribution in [0.1, 0.15) is 33.6 Å². The quantitative estimate of drug-likeness (QED) is 0.437. The fourth-order valence-electron chi connectivity index (χ4n) is 1.16. The molecule has 1 fully saturated rings. The monoisotopic (exact) mass is 210 g/mol. The van der Waals surface area contributed by atoms with E-state index in [0.29, 0.717) is 11.7 Å². The van der Waals surface area contributed by atoms with Gasteiger partial charge in [0.05, 0.1) is 0 Å². The number of hydrogen-bond acceptors (Lipinski definition) is 1. The van der Waals surface area contributed by atoms with Crippen molar-refractivity contribution in [3.63, 3.8) is 0 Å². The normalized spacial score (nSPS) is 15.6. The number of ketones is 1. The molecule has 0 aromatic carbocycles. The molecule has 3 heteroatoms. The van der Waals surface area contributed by atoms with Gasteiger partial charge in [-0.25, -0.2) is 0 Å². The SMILES string of the molecule is CC.CC(=O)C1CC[N-]CC1.[CH3-].[K+]. The fourth-order valence-corrected chi connectivity index (χ4v) is 1.16. The third kappa shape index (κ3) is 9.57. The van der Waals surface area contributed by atoms with E-state index in [-0.39, 0.29) is 58.8 Å². The Bertz CT molecular complexity index is 111. The van der Waals surface area contributed by atoms with Gasteiger partial charge in [0.25, 0.3) is 0 Å². The van der Waals surface area contributed by atoms with E-state index in [0.717, 1.165) is 25.9 Å². The first-order chi connectivity index (χ1) is 5.30. The number of carbonyl (C=O) groups is 1. The van der Waals surface area contributed by atoms with Crippen molar-refractivity contribution in [3.05, 3.63) is 12.7 Å². The molecule has 0 aromatic rings. The zero-order valence-electron chi connectivity index (χ0n) is 9.76. The Hall–Kier alpha value is 1.27. The van der Waals surface area contributed by atoms with Crippen LogP contribution in [0.4, 0.5) is 0 Å². The molecule has 2 nitrogen and oxygen atoms in total. The van der Waals surface area contributed by atoms with Crippen molar-refractivity contribution in [1.29, 1.82) is 0 Å². The van der Waals surface area contributed by atoms with Crippen molar-refractivity contribution >= 4 is 5.78 Å². The Morgan fingerprint density at radius 3 is 1.85 bits per heavy atom. The number of nitrogens with zero attached hydrogens (tertiary/aromatic N) is 1. The van der Waals surface area contributed by atoms with Crippen LogP contribution in [0.25, 0.3) is 5.32 Å². The van der Waals surface area contributed by atoms with Crippen LogP contribution < -0.4 is 51.4 Å². The van der Waals surface area contributed by atoms with Crippen molar-refractivity contribution in [1.82, 2.24) is 0 Å². The van der Waals surface area contributed by atoms with Gasteiger partial charge >= 0.3 is 51.4 Å². The number of carbonyl (C=O) groups excluding carboxylic acids is 1. The van der Waals surface area contributed by atoms with Crippen LogP contribution in [0.2, 0.25) is 0 Å². The Kier molecular flexibility index (Phi) is 20.2. The Labute approximate surface area is 126 Å². The summed E-state index contributed by atoms with van der Waals surface area (Å²) in [4.78, 5) is 10.8. The molecular weight excluding hydrogens is 189 g/mol. The molecule has 1 heterocycles. The maximum atomic E-state index is 10.8. The van der Waals surface area contributed by atoms with Crippen LogP contribution in [0.15, 0.2) is 0 Å². The summed E-state index contributed by atoms with van der Waals surface area (Å²) in [5.74, 6) is 0.660. The van der Waals surface area contributed by atoms with Gasteiger partial charge in [0.1, 0.15) is 5.78 Å². The van der Waals surface area contributed by atoms with Crippen LogP contribution >= 0.6 is 0 Å². The summed E-state index contributed by atoms with van der Waals surface area (Å²) >= 11 is 0. The maximum absolute atomic E-state index is 10.8. The third-order valence-electron chi connectivity index (χ3n) is 1.85. The van der Waals surface area contributed by atoms with E-state index >= 15 is 0 Å². The third-order valence-corrected chi connectivity index (χ3v) is 1.85. The van der Waals surface area contributed by atoms with Gasteiger partial charge in [-0.2, -0.15) is 0 Å². The predicted molar refractivity (Wildman–Crippen MR) is 54.3 cm³/mol. The second kappa shape index (κ2) is 13.3. The Balaban J connectivity index is -0.000000234. The molecule has 0 saturated carbocycles. The van der Waals surface area contributed by atoms with E-state index in [1.807, 2.05) is 13.8 Å². The molecule has 0 unspecified atom stereocenters. The minimum atomic E-state index is 0. The van der Waals surface area contributed by atoms with Crippen molar-refractivity contribution in [2.45, 2.75) is 33.6 Å². The first-order valence-electron chi connectivity index (χ1n) is 4.44. The maximum Gasteiger partial charge on any atom is 1.00 e. The van der Waals surface area contributed by atoms with Gasteiger partial charge in [-0.3, -0.25) is 4.79 Å². The molecule has 0 atom stereocenters. The van der Waals surface area contributed by atoms with Gasteiger partial charge in [0.2, 0.25) is 0 Å². The number of piperidine rings is 1. The standard InChI is InChI=1S/C7H12NO.C2H6.CH3.K/c1-6(9)7-2-4-8-5-3-7;1-2;;/h7H,2-5H2,1H3;1-2H3;1H3;/q-1;;-1;+1. The zero-order valence-corrected chi connectivity index (χ0v) is 12.9. The molecule has 0 bridgehead atoms. The average Bonchev–Trinajstić information content (AvgIpc) is 2.10. The van der Waals surface area contributed by atoms with E-state index in [4.69, 9.17) is 0 Å². The molecule has 0 amide bonds. The van der Waals surface area contributed by atoms with Crippen LogP contribution in [0, 0.1) is 13.3 Å². The molecule has 1 saturated heterocycles. The van der Waals surface area contributed by atoms with Gasteiger partial charge < -0.3 is 12.7 Å². The summed E-state index contributed by atoms with van der Waals surface area (Å²) in [6, 6.07) is 0. The summed E-state index contributed by atoms with van der Waals surface area (Å²) in [6.07, 6.45) is 1.96. The largest absolute Gasteiger partial charge is 1.00 e. The Morgan fingerprint density at radius 1 is 1.23 bits per heavy atom. The van der Waals surface area contributed by atoms with E-state index in [1.54, 1.807) is 6.92 Å². The fraction of sp³-hybridized carbons (Fsp3) is 0.800. The van der Waals surface area contributed by atoms with E-state index in [1.165, 1.54) is 0 Å². The molecule has 0 aliphatic carbocycles. The van der Waals surface area contributed by atoms with Gasteiger partial charge in [0, 0.05) is 5.92 Å². The van der Waals surface area contributed by atoms with Crippen LogP contribution in [0.3, 0.4) is 0 Å². The molecule has 1 rings (SSSR count). The topological polar surface area (TPSA) is 31.2 Å². The zero-order chi connectivity index (χ0) is 8.69. The second-order valence-electron chi connectivity index (χ2n) is 2.56. The summed E-state index contributed by atoms with van der Waals surface area (Å²) < 4.78 is 0. The van der Waals surface area contributed by atoms with E-state index < -0.39 is 0 Å². The molecule has 0 radical (unpaired) electrons. The van der Waals surface area contributed by atoms with Crippen molar-refractivity contribution in [2.75, 3.05) is 13.1 Å². The molecule has 0 aromatic heterocycles. The summed E-state index contributed by atoms with van der Waals surface area (Å²) in [5, 5.41) is 4.16. The predicted octanol–water partition coefficient (Wildman–Crippen LogP) is -0.160. The number of Topliss-reactive ketones (excluding diaryl/α,β-unsaturated/α-hetero) is 1. The summed E-state index contributed by atoms with van der Waals surface area (Å²) in [7, 11) is 0. The molecule has 0 N–H and O–H groups in total. The molecule has 13 heavy (non-hydrogen) atoms. The minimum absolute atomic E-state index is 0. The van der Waals surface area contributed by atoms with Crippen molar-refractivity contribution < 1.29 is 56.2 Å². The first kappa shape index (κ1) is 19.8. The number of hydrogen-bond donors (Lipinski definition) is 0. The molecule has 74 valence electrons. The van der Waals surface area contributed by atoms with Crippen LogP contribution in [-0.4, -0.2) is 18.9 Å². The van der Waals surface area contributed by atoms with Crippen LogP contribution in [0.5, 0.6) is 0 Å². The molecule has 1 aliphatic heterocycles. The van der Waals surface area contributed by atoms with Gasteiger partial charge in [-0.05, 0) is 6.92 Å². The van der Waals surface area contributed by atoms with Gasteiger partial charge in [-0.1, -0.05) is 26.7 Å². The van der Waals surface area contributed by atoms with Crippen LogP contribution in [-0.2, 0) is 4.79 Å².